The van der Waals surface area contributed by atoms with E-state index in [1.165, 1.54) is 12.8 Å². The second kappa shape index (κ2) is 9.62. The van der Waals surface area contributed by atoms with Crippen LogP contribution in [-0.4, -0.2) is 58.9 Å². The Bertz CT molecular complexity index is 1190. The smallest absolute Gasteiger partial charge is 0.414 e. The van der Waals surface area contributed by atoms with Crippen LogP contribution in [0.1, 0.15) is 64.8 Å². The van der Waals surface area contributed by atoms with Crippen molar-refractivity contribution in [1.29, 1.82) is 0 Å². The Balaban J connectivity index is 1.27. The maximum atomic E-state index is 13.7. The summed E-state index contributed by atoms with van der Waals surface area (Å²) < 4.78 is 8.20. The first-order chi connectivity index (χ1) is 17.8. The molecular formula is C28H36ClN5O3. The number of carbonyl (C=O) groups is 2. The highest BCUT2D eigenvalue weighted by Gasteiger charge is 2.45. The second-order valence-corrected chi connectivity index (χ2v) is 11.9. The van der Waals surface area contributed by atoms with Gasteiger partial charge in [0.05, 0.1) is 29.7 Å². The molecule has 1 aromatic heterocycles. The molecule has 0 radical (unpaired) electrons. The van der Waals surface area contributed by atoms with Gasteiger partial charge in [-0.15, -0.1) is 11.6 Å². The summed E-state index contributed by atoms with van der Waals surface area (Å²) in [5.41, 5.74) is 3.39. The molecule has 1 aromatic carbocycles. The van der Waals surface area contributed by atoms with Crippen molar-refractivity contribution in [2.75, 3.05) is 29.4 Å². The summed E-state index contributed by atoms with van der Waals surface area (Å²) in [7, 11) is 0. The Hall–Kier alpha value is -2.58. The van der Waals surface area contributed by atoms with Crippen LogP contribution in [0.25, 0.3) is 11.1 Å². The molecule has 1 N–H and O–H groups in total. The van der Waals surface area contributed by atoms with Crippen molar-refractivity contribution in [2.45, 2.75) is 82.4 Å². The third-order valence-electron chi connectivity index (χ3n) is 8.64. The fourth-order valence-electron chi connectivity index (χ4n) is 6.54. The highest BCUT2D eigenvalue weighted by atomic mass is 35.5. The molecule has 3 unspecified atom stereocenters. The number of nitrogens with one attached hydrogen (secondary N) is 1. The monoisotopic (exact) mass is 525 g/mol. The fourth-order valence-corrected chi connectivity index (χ4v) is 6.95. The third-order valence-corrected chi connectivity index (χ3v) is 9.32. The minimum absolute atomic E-state index is 0.0174. The van der Waals surface area contributed by atoms with Gasteiger partial charge in [-0.05, 0) is 76.1 Å². The third kappa shape index (κ3) is 4.63. The number of nitrogens with zero attached hydrogens (tertiary/aromatic N) is 4. The summed E-state index contributed by atoms with van der Waals surface area (Å²) in [5.74, 6) is -0.0387. The van der Waals surface area contributed by atoms with Crippen LogP contribution < -0.4 is 15.1 Å². The normalized spacial score (nSPS) is 29.8. The van der Waals surface area contributed by atoms with E-state index in [2.05, 4.69) is 16.6 Å². The number of hydrogen-bond acceptors (Lipinski definition) is 5. The van der Waals surface area contributed by atoms with Gasteiger partial charge in [-0.25, -0.2) is 4.79 Å². The Morgan fingerprint density at radius 1 is 1.16 bits per heavy atom. The van der Waals surface area contributed by atoms with Crippen LogP contribution in [0.5, 0.6) is 0 Å². The summed E-state index contributed by atoms with van der Waals surface area (Å²) in [6.45, 7) is 5.83. The molecule has 2 aliphatic heterocycles. The number of amides is 2. The zero-order valence-electron chi connectivity index (χ0n) is 21.7. The Kier molecular flexibility index (Phi) is 6.43. The van der Waals surface area contributed by atoms with Crippen molar-refractivity contribution >= 4 is 35.0 Å². The standard InChI is InChI=1S/C28H36ClN5O3/c1-18-15-32(27(36)37-23-7-9-26(29)28(13-23)10-3-11-30-17-28)25-12-20(4-8-24(25)34(18)19(2)35)21-14-31-33(16-21)22-5-6-22/h4,8,12,14,16,18,22-23,26,30H,3,5-7,9-11,13,15,17H2,1-2H3/t18-,23?,26?,28?/m0/s1. The highest BCUT2D eigenvalue weighted by Crippen LogP contribution is 2.46. The molecule has 4 aliphatic rings. The number of aromatic nitrogens is 2. The maximum absolute atomic E-state index is 13.7. The number of halogens is 1. The summed E-state index contributed by atoms with van der Waals surface area (Å²) in [5, 5.41) is 8.14. The number of fused-ring (bicyclic) bond motifs is 1. The number of rotatable bonds is 3. The first-order valence-electron chi connectivity index (χ1n) is 13.7. The lowest BCUT2D eigenvalue weighted by Crippen LogP contribution is -2.53. The van der Waals surface area contributed by atoms with E-state index in [9.17, 15) is 9.59 Å². The lowest BCUT2D eigenvalue weighted by atomic mass is 9.68. The van der Waals surface area contributed by atoms with E-state index in [1.54, 1.807) is 16.7 Å². The van der Waals surface area contributed by atoms with Crippen LogP contribution in [0.4, 0.5) is 16.2 Å². The van der Waals surface area contributed by atoms with Crippen molar-refractivity contribution < 1.29 is 14.3 Å². The SMILES string of the molecule is CC(=O)N1c2ccc(-c3cnn(C4CC4)c3)cc2N(C(=O)OC2CCC(Cl)C3(CCCNC3)C2)C[C@@H]1C. The molecule has 3 fully saturated rings. The molecule has 1 saturated heterocycles. The molecule has 8 nitrogen and oxygen atoms in total. The molecule has 4 atom stereocenters. The van der Waals surface area contributed by atoms with Crippen LogP contribution in [0, 0.1) is 5.41 Å². The Morgan fingerprint density at radius 3 is 2.73 bits per heavy atom. The van der Waals surface area contributed by atoms with Crippen LogP contribution in [0.2, 0.25) is 0 Å². The molecule has 2 amide bonds. The van der Waals surface area contributed by atoms with E-state index >= 15 is 0 Å². The average Bonchev–Trinajstić information content (AvgIpc) is 3.62. The zero-order chi connectivity index (χ0) is 25.7. The first-order valence-corrected chi connectivity index (χ1v) is 14.1. The number of benzene rings is 1. The van der Waals surface area contributed by atoms with E-state index < -0.39 is 0 Å². The van der Waals surface area contributed by atoms with Gasteiger partial charge in [0, 0.05) is 42.6 Å². The van der Waals surface area contributed by atoms with Crippen molar-refractivity contribution in [3.63, 3.8) is 0 Å². The summed E-state index contributed by atoms with van der Waals surface area (Å²) in [6.07, 6.45) is 10.3. The highest BCUT2D eigenvalue weighted by molar-refractivity contribution is 6.21. The predicted molar refractivity (Wildman–Crippen MR) is 144 cm³/mol. The molecule has 3 heterocycles. The van der Waals surface area contributed by atoms with Gasteiger partial charge >= 0.3 is 6.09 Å². The average molecular weight is 526 g/mol. The van der Waals surface area contributed by atoms with E-state index in [-0.39, 0.29) is 34.9 Å². The number of carbonyl (C=O) groups excluding carboxylic acids is 2. The summed E-state index contributed by atoms with van der Waals surface area (Å²) >= 11 is 6.80. The molecule has 2 saturated carbocycles. The number of hydrogen-bond donors (Lipinski definition) is 1. The molecule has 0 bridgehead atoms. The largest absolute Gasteiger partial charge is 0.446 e. The van der Waals surface area contributed by atoms with Crippen LogP contribution in [-0.2, 0) is 9.53 Å². The number of alkyl halides is 1. The molecule has 2 aromatic rings. The van der Waals surface area contributed by atoms with Crippen molar-refractivity contribution in [1.82, 2.24) is 15.1 Å². The van der Waals surface area contributed by atoms with Crippen molar-refractivity contribution in [2.24, 2.45) is 5.41 Å². The van der Waals surface area contributed by atoms with Gasteiger partial charge in [0.15, 0.2) is 0 Å². The number of ether oxygens (including phenoxy) is 1. The Labute approximate surface area is 223 Å². The van der Waals surface area contributed by atoms with Crippen LogP contribution in [0.3, 0.4) is 0 Å². The second-order valence-electron chi connectivity index (χ2n) is 11.4. The van der Waals surface area contributed by atoms with Gasteiger partial charge in [-0.3, -0.25) is 14.4 Å². The predicted octanol–water partition coefficient (Wildman–Crippen LogP) is 5.11. The number of piperidine rings is 1. The summed E-state index contributed by atoms with van der Waals surface area (Å²) in [4.78, 5) is 29.7. The fraction of sp³-hybridized carbons (Fsp3) is 0.607. The first kappa shape index (κ1) is 24.7. The summed E-state index contributed by atoms with van der Waals surface area (Å²) in [6, 6.07) is 6.28. The molecule has 6 rings (SSSR count). The van der Waals surface area contributed by atoms with E-state index in [0.29, 0.717) is 18.3 Å². The van der Waals surface area contributed by atoms with Gasteiger partial charge in [0.2, 0.25) is 5.91 Å². The molecular weight excluding hydrogens is 490 g/mol. The minimum Gasteiger partial charge on any atom is -0.446 e. The topological polar surface area (TPSA) is 79.7 Å². The zero-order valence-corrected chi connectivity index (χ0v) is 22.4. The van der Waals surface area contributed by atoms with E-state index in [4.69, 9.17) is 16.3 Å². The maximum Gasteiger partial charge on any atom is 0.414 e. The van der Waals surface area contributed by atoms with Crippen molar-refractivity contribution in [3.05, 3.63) is 30.6 Å². The molecule has 9 heteroatoms. The number of anilines is 2. The van der Waals surface area contributed by atoms with E-state index in [1.807, 2.05) is 36.0 Å². The van der Waals surface area contributed by atoms with Gasteiger partial charge in [-0.1, -0.05) is 6.07 Å². The quantitative estimate of drug-likeness (QED) is 0.563. The van der Waals surface area contributed by atoms with Crippen LogP contribution in [0.15, 0.2) is 30.6 Å². The van der Waals surface area contributed by atoms with Gasteiger partial charge in [0.25, 0.3) is 0 Å². The Morgan fingerprint density at radius 2 is 2.00 bits per heavy atom. The van der Waals surface area contributed by atoms with Gasteiger partial charge in [0.1, 0.15) is 6.10 Å². The van der Waals surface area contributed by atoms with Gasteiger partial charge < -0.3 is 15.0 Å². The minimum atomic E-state index is -0.348. The van der Waals surface area contributed by atoms with Crippen molar-refractivity contribution in [3.8, 4) is 11.1 Å². The van der Waals surface area contributed by atoms with E-state index in [0.717, 1.165) is 62.0 Å². The lowest BCUT2D eigenvalue weighted by Gasteiger charge is -2.47. The molecule has 37 heavy (non-hydrogen) atoms. The lowest BCUT2D eigenvalue weighted by molar-refractivity contribution is -0.117. The van der Waals surface area contributed by atoms with Gasteiger partial charge in [-0.2, -0.15) is 5.10 Å². The molecule has 198 valence electrons. The molecule has 1 spiro atoms. The molecule has 2 aliphatic carbocycles. The van der Waals surface area contributed by atoms with Crippen LogP contribution >= 0.6 is 11.6 Å².